The van der Waals surface area contributed by atoms with E-state index in [0.29, 0.717) is 22.0 Å². The Morgan fingerprint density at radius 2 is 1.85 bits per heavy atom. The molecule has 0 spiro atoms. The lowest BCUT2D eigenvalue weighted by atomic mass is 10.0. The maximum atomic E-state index is 12.4. The lowest BCUT2D eigenvalue weighted by molar-refractivity contribution is -0.116. The molecule has 8 heteroatoms. The summed E-state index contributed by atoms with van der Waals surface area (Å²) in [7, 11) is -1.96. The molecular weight excluding hydrogens is 376 g/mol. The van der Waals surface area contributed by atoms with E-state index in [1.54, 1.807) is 49.6 Å². The van der Waals surface area contributed by atoms with Crippen molar-refractivity contribution in [1.82, 2.24) is 4.72 Å². The van der Waals surface area contributed by atoms with Crippen LogP contribution in [0.5, 0.6) is 5.75 Å². The van der Waals surface area contributed by atoms with Crippen LogP contribution in [0.3, 0.4) is 0 Å². The van der Waals surface area contributed by atoms with Gasteiger partial charge in [-0.05, 0) is 42.3 Å². The first-order valence-electron chi connectivity index (χ1n) is 7.85. The highest BCUT2D eigenvalue weighted by Crippen LogP contribution is 2.23. The van der Waals surface area contributed by atoms with E-state index >= 15 is 0 Å². The van der Waals surface area contributed by atoms with Crippen LogP contribution in [-0.2, 0) is 14.8 Å². The van der Waals surface area contributed by atoms with E-state index in [9.17, 15) is 13.2 Å². The molecule has 6 nitrogen and oxygen atoms in total. The van der Waals surface area contributed by atoms with Gasteiger partial charge in [-0.3, -0.25) is 4.79 Å². The van der Waals surface area contributed by atoms with E-state index in [1.807, 2.05) is 6.92 Å². The largest absolute Gasteiger partial charge is 0.497 e. The van der Waals surface area contributed by atoms with Crippen molar-refractivity contribution in [3.63, 3.8) is 0 Å². The number of carbonyl (C=O) groups is 1. The first-order chi connectivity index (χ1) is 12.2. The zero-order chi connectivity index (χ0) is 19.3. The van der Waals surface area contributed by atoms with Crippen LogP contribution in [0.1, 0.15) is 23.6 Å². The third-order valence-corrected chi connectivity index (χ3v) is 4.84. The number of anilines is 1. The number of aryl methyl sites for hydroxylation is 1. The van der Waals surface area contributed by atoms with Crippen LogP contribution in [0.25, 0.3) is 0 Å². The predicted octanol–water partition coefficient (Wildman–Crippen LogP) is 3.28. The zero-order valence-corrected chi connectivity index (χ0v) is 16.3. The molecule has 0 radical (unpaired) electrons. The molecule has 0 saturated carbocycles. The van der Waals surface area contributed by atoms with Crippen molar-refractivity contribution in [3.8, 4) is 5.75 Å². The average molecular weight is 397 g/mol. The standard InChI is InChI=1S/C18H21ClN2O4S/c1-12-4-7-14(10-16(12)19)20-18(22)11-17(21-26(3,23)24)13-5-8-15(25-2)9-6-13/h4-10,17,21H,11H2,1-3H3,(H,20,22)/t17-/m0/s1. The van der Waals surface area contributed by atoms with Gasteiger partial charge in [-0.1, -0.05) is 29.8 Å². The van der Waals surface area contributed by atoms with Crippen LogP contribution < -0.4 is 14.8 Å². The highest BCUT2D eigenvalue weighted by molar-refractivity contribution is 7.88. The molecule has 2 aromatic rings. The van der Waals surface area contributed by atoms with Crippen molar-refractivity contribution >= 4 is 33.2 Å². The van der Waals surface area contributed by atoms with Gasteiger partial charge in [-0.2, -0.15) is 0 Å². The second-order valence-electron chi connectivity index (χ2n) is 5.93. The Morgan fingerprint density at radius 1 is 1.19 bits per heavy atom. The lowest BCUT2D eigenvalue weighted by Gasteiger charge is -2.18. The van der Waals surface area contributed by atoms with Gasteiger partial charge in [0, 0.05) is 17.1 Å². The van der Waals surface area contributed by atoms with Gasteiger partial charge in [0.1, 0.15) is 5.75 Å². The Bertz CT molecular complexity index is 883. The molecule has 2 aromatic carbocycles. The Kier molecular flexibility index (Phi) is 6.63. The van der Waals surface area contributed by atoms with Crippen molar-refractivity contribution < 1.29 is 17.9 Å². The fraction of sp³-hybridized carbons (Fsp3) is 0.278. The summed E-state index contributed by atoms with van der Waals surface area (Å²) in [5, 5.41) is 3.28. The third-order valence-electron chi connectivity index (χ3n) is 3.72. The minimum Gasteiger partial charge on any atom is -0.497 e. The fourth-order valence-corrected chi connectivity index (χ4v) is 3.31. The first kappa shape index (κ1) is 20.2. The van der Waals surface area contributed by atoms with Crippen molar-refractivity contribution in [1.29, 1.82) is 0 Å². The van der Waals surface area contributed by atoms with E-state index in [2.05, 4.69) is 10.0 Å². The molecule has 0 saturated heterocycles. The highest BCUT2D eigenvalue weighted by Gasteiger charge is 2.20. The molecule has 2 rings (SSSR count). The summed E-state index contributed by atoms with van der Waals surface area (Å²) in [6.07, 6.45) is 0.992. The molecule has 0 fully saturated rings. The van der Waals surface area contributed by atoms with Gasteiger partial charge in [0.05, 0.1) is 19.4 Å². The minimum absolute atomic E-state index is 0.0646. The quantitative estimate of drug-likeness (QED) is 0.752. The maximum Gasteiger partial charge on any atom is 0.226 e. The summed E-state index contributed by atoms with van der Waals surface area (Å²) in [5.41, 5.74) is 2.12. The number of amides is 1. The summed E-state index contributed by atoms with van der Waals surface area (Å²) in [6.45, 7) is 1.86. The van der Waals surface area contributed by atoms with Crippen LogP contribution in [0.15, 0.2) is 42.5 Å². The van der Waals surface area contributed by atoms with Crippen LogP contribution in [0.4, 0.5) is 5.69 Å². The summed E-state index contributed by atoms with van der Waals surface area (Å²) >= 11 is 6.06. The van der Waals surface area contributed by atoms with Crippen LogP contribution >= 0.6 is 11.6 Å². The number of rotatable bonds is 7. The second-order valence-corrected chi connectivity index (χ2v) is 8.12. The average Bonchev–Trinajstić information content (AvgIpc) is 2.56. The Morgan fingerprint density at radius 3 is 2.38 bits per heavy atom. The molecule has 0 aliphatic heterocycles. The normalized spacial score (nSPS) is 12.5. The fourth-order valence-electron chi connectivity index (χ4n) is 2.39. The van der Waals surface area contributed by atoms with E-state index in [-0.39, 0.29) is 12.3 Å². The maximum absolute atomic E-state index is 12.4. The monoisotopic (exact) mass is 396 g/mol. The van der Waals surface area contributed by atoms with Gasteiger partial charge < -0.3 is 10.1 Å². The highest BCUT2D eigenvalue weighted by atomic mass is 35.5. The number of ether oxygens (including phenoxy) is 1. The molecular formula is C18H21ClN2O4S. The van der Waals surface area contributed by atoms with Crippen molar-refractivity contribution in [2.24, 2.45) is 0 Å². The van der Waals surface area contributed by atoms with E-state index in [4.69, 9.17) is 16.3 Å². The number of methoxy groups -OCH3 is 1. The molecule has 0 unspecified atom stereocenters. The van der Waals surface area contributed by atoms with E-state index in [0.717, 1.165) is 11.8 Å². The van der Waals surface area contributed by atoms with Gasteiger partial charge in [0.2, 0.25) is 15.9 Å². The van der Waals surface area contributed by atoms with E-state index < -0.39 is 16.1 Å². The zero-order valence-electron chi connectivity index (χ0n) is 14.7. The molecule has 1 atom stereocenters. The van der Waals surface area contributed by atoms with Gasteiger partial charge >= 0.3 is 0 Å². The summed E-state index contributed by atoms with van der Waals surface area (Å²) < 4.78 is 30.9. The number of nitrogens with one attached hydrogen (secondary N) is 2. The topological polar surface area (TPSA) is 84.5 Å². The Labute approximate surface area is 158 Å². The molecule has 0 aromatic heterocycles. The lowest BCUT2D eigenvalue weighted by Crippen LogP contribution is -2.30. The smallest absolute Gasteiger partial charge is 0.226 e. The number of hydrogen-bond acceptors (Lipinski definition) is 4. The summed E-state index contributed by atoms with van der Waals surface area (Å²) in [5.74, 6) is 0.312. The molecule has 1 amide bonds. The van der Waals surface area contributed by atoms with Crippen LogP contribution in [-0.4, -0.2) is 27.7 Å². The Balaban J connectivity index is 2.16. The van der Waals surface area contributed by atoms with Gasteiger partial charge in [-0.15, -0.1) is 0 Å². The van der Waals surface area contributed by atoms with Gasteiger partial charge in [0.25, 0.3) is 0 Å². The van der Waals surface area contributed by atoms with Crippen molar-refractivity contribution in [3.05, 3.63) is 58.6 Å². The van der Waals surface area contributed by atoms with Crippen LogP contribution in [0, 0.1) is 6.92 Å². The van der Waals surface area contributed by atoms with Crippen molar-refractivity contribution in [2.45, 2.75) is 19.4 Å². The number of benzene rings is 2. The summed E-state index contributed by atoms with van der Waals surface area (Å²) in [4.78, 5) is 12.4. The molecule has 2 N–H and O–H groups in total. The molecule has 0 aliphatic rings. The first-order valence-corrected chi connectivity index (χ1v) is 10.1. The Hall–Kier alpha value is -2.09. The van der Waals surface area contributed by atoms with Crippen LogP contribution in [0.2, 0.25) is 5.02 Å². The number of halogens is 1. The third kappa shape index (κ3) is 6.01. The molecule has 26 heavy (non-hydrogen) atoms. The summed E-state index contributed by atoms with van der Waals surface area (Å²) in [6, 6.07) is 11.4. The number of sulfonamides is 1. The predicted molar refractivity (Wildman–Crippen MR) is 103 cm³/mol. The van der Waals surface area contributed by atoms with E-state index in [1.165, 1.54) is 0 Å². The van der Waals surface area contributed by atoms with Gasteiger partial charge in [0.15, 0.2) is 0 Å². The van der Waals surface area contributed by atoms with Crippen molar-refractivity contribution in [2.75, 3.05) is 18.7 Å². The SMILES string of the molecule is COc1ccc([C@H](CC(=O)Nc2ccc(C)c(Cl)c2)NS(C)(=O)=O)cc1. The molecule has 140 valence electrons. The number of carbonyl (C=O) groups excluding carboxylic acids is 1. The molecule has 0 heterocycles. The molecule has 0 bridgehead atoms. The minimum atomic E-state index is -3.50. The van der Waals surface area contributed by atoms with Gasteiger partial charge in [-0.25, -0.2) is 13.1 Å². The molecule has 0 aliphatic carbocycles. The number of hydrogen-bond donors (Lipinski definition) is 2. The second kappa shape index (κ2) is 8.53.